The highest BCUT2D eigenvalue weighted by Crippen LogP contribution is 2.18. The van der Waals surface area contributed by atoms with E-state index in [1.54, 1.807) is 18.0 Å². The van der Waals surface area contributed by atoms with Crippen LogP contribution in [0.25, 0.3) is 10.9 Å². The first-order chi connectivity index (χ1) is 13.7. The molecule has 2 aromatic rings. The van der Waals surface area contributed by atoms with E-state index in [2.05, 4.69) is 15.6 Å². The Balaban J connectivity index is 1.33. The monoisotopic (exact) mass is 386 g/mol. The molecule has 0 aliphatic carbocycles. The zero-order valence-electron chi connectivity index (χ0n) is 16.0. The summed E-state index contributed by atoms with van der Waals surface area (Å²) in [5, 5.41) is 6.75. The Morgan fingerprint density at radius 3 is 2.86 bits per heavy atom. The third-order valence-electron chi connectivity index (χ3n) is 4.59. The summed E-state index contributed by atoms with van der Waals surface area (Å²) in [6.07, 6.45) is 2.90. The highest BCUT2D eigenvalue weighted by Gasteiger charge is 2.24. The van der Waals surface area contributed by atoms with Crippen molar-refractivity contribution >= 4 is 23.0 Å². The first kappa shape index (κ1) is 19.7. The van der Waals surface area contributed by atoms with Gasteiger partial charge in [-0.05, 0) is 44.0 Å². The second-order valence-corrected chi connectivity index (χ2v) is 6.57. The minimum absolute atomic E-state index is 0.0552. The van der Waals surface area contributed by atoms with Crippen LogP contribution in [-0.2, 0) is 4.74 Å². The van der Waals surface area contributed by atoms with E-state index in [0.717, 1.165) is 16.7 Å². The SMILES string of the molecule is CCOC(=O)N1CCC(NC(=O)NCCOc2ccc3ncccc3c2)CC1. The molecular formula is C20H26N4O4. The van der Waals surface area contributed by atoms with Crippen LogP contribution in [0.1, 0.15) is 19.8 Å². The first-order valence-corrected chi connectivity index (χ1v) is 9.59. The Morgan fingerprint density at radius 1 is 1.25 bits per heavy atom. The number of benzene rings is 1. The standard InChI is InChI=1S/C20H26N4O4/c1-2-27-20(26)24-11-7-16(8-12-24)23-19(25)22-10-13-28-17-5-6-18-15(14-17)4-3-9-21-18/h3-6,9,14,16H,2,7-8,10-13H2,1H3,(H2,22,23,25). The van der Waals surface area contributed by atoms with Gasteiger partial charge < -0.3 is 25.0 Å². The molecule has 1 aromatic heterocycles. The van der Waals surface area contributed by atoms with Crippen LogP contribution >= 0.6 is 0 Å². The van der Waals surface area contributed by atoms with E-state index in [-0.39, 0.29) is 18.2 Å². The molecule has 28 heavy (non-hydrogen) atoms. The summed E-state index contributed by atoms with van der Waals surface area (Å²) in [6.45, 7) is 4.11. The average molecular weight is 386 g/mol. The number of nitrogens with one attached hydrogen (secondary N) is 2. The molecule has 0 saturated carbocycles. The first-order valence-electron chi connectivity index (χ1n) is 9.59. The molecule has 3 amide bonds. The van der Waals surface area contributed by atoms with Gasteiger partial charge in [-0.2, -0.15) is 0 Å². The highest BCUT2D eigenvalue weighted by molar-refractivity contribution is 5.79. The molecule has 2 N–H and O–H groups in total. The predicted octanol–water partition coefficient (Wildman–Crippen LogP) is 2.53. The Kier molecular flexibility index (Phi) is 6.89. The molecule has 1 saturated heterocycles. The third kappa shape index (κ3) is 5.48. The summed E-state index contributed by atoms with van der Waals surface area (Å²) in [6, 6.07) is 9.41. The minimum Gasteiger partial charge on any atom is -0.492 e. The van der Waals surface area contributed by atoms with Crippen molar-refractivity contribution in [2.24, 2.45) is 0 Å². The van der Waals surface area contributed by atoms with Crippen LogP contribution in [-0.4, -0.2) is 60.9 Å². The van der Waals surface area contributed by atoms with E-state index in [4.69, 9.17) is 9.47 Å². The molecule has 0 radical (unpaired) electrons. The van der Waals surface area contributed by atoms with Gasteiger partial charge in [0.2, 0.25) is 0 Å². The zero-order chi connectivity index (χ0) is 19.8. The Morgan fingerprint density at radius 2 is 2.07 bits per heavy atom. The fourth-order valence-corrected chi connectivity index (χ4v) is 3.13. The quantitative estimate of drug-likeness (QED) is 0.744. The lowest BCUT2D eigenvalue weighted by Gasteiger charge is -2.31. The number of nitrogens with zero attached hydrogens (tertiary/aromatic N) is 2. The number of amides is 3. The van der Waals surface area contributed by atoms with Crippen LogP contribution in [0.15, 0.2) is 36.5 Å². The second kappa shape index (κ2) is 9.77. The van der Waals surface area contributed by atoms with Crippen LogP contribution in [0.5, 0.6) is 5.75 Å². The van der Waals surface area contributed by atoms with Gasteiger partial charge in [-0.3, -0.25) is 4.98 Å². The number of carbonyl (C=O) groups is 2. The number of likely N-dealkylation sites (tertiary alicyclic amines) is 1. The van der Waals surface area contributed by atoms with Crippen LogP contribution in [0.2, 0.25) is 0 Å². The molecule has 8 heteroatoms. The van der Waals surface area contributed by atoms with Crippen molar-refractivity contribution < 1.29 is 19.1 Å². The van der Waals surface area contributed by atoms with Crippen molar-refractivity contribution in [2.45, 2.75) is 25.8 Å². The van der Waals surface area contributed by atoms with E-state index in [1.165, 1.54) is 0 Å². The Labute approximate surface area is 164 Å². The maximum Gasteiger partial charge on any atom is 0.409 e. The normalized spacial score (nSPS) is 14.5. The van der Waals surface area contributed by atoms with Gasteiger partial charge in [0.25, 0.3) is 0 Å². The number of urea groups is 1. The summed E-state index contributed by atoms with van der Waals surface area (Å²) in [4.78, 5) is 29.6. The molecule has 2 heterocycles. The van der Waals surface area contributed by atoms with E-state index < -0.39 is 0 Å². The maximum absolute atomic E-state index is 12.0. The summed E-state index contributed by atoms with van der Waals surface area (Å²) in [5.74, 6) is 0.744. The molecule has 1 aromatic carbocycles. The maximum atomic E-state index is 12.0. The molecule has 0 atom stereocenters. The smallest absolute Gasteiger partial charge is 0.409 e. The largest absolute Gasteiger partial charge is 0.492 e. The zero-order valence-corrected chi connectivity index (χ0v) is 16.0. The fraction of sp³-hybridized carbons (Fsp3) is 0.450. The van der Waals surface area contributed by atoms with Crippen LogP contribution in [0.3, 0.4) is 0 Å². The molecule has 0 unspecified atom stereocenters. The Hall–Kier alpha value is -3.03. The van der Waals surface area contributed by atoms with Crippen LogP contribution < -0.4 is 15.4 Å². The van der Waals surface area contributed by atoms with Gasteiger partial charge >= 0.3 is 12.1 Å². The van der Waals surface area contributed by atoms with E-state index in [0.29, 0.717) is 45.7 Å². The highest BCUT2D eigenvalue weighted by atomic mass is 16.6. The molecular weight excluding hydrogens is 360 g/mol. The van der Waals surface area contributed by atoms with Crippen LogP contribution in [0.4, 0.5) is 9.59 Å². The topological polar surface area (TPSA) is 92.8 Å². The number of ether oxygens (including phenoxy) is 2. The second-order valence-electron chi connectivity index (χ2n) is 6.57. The lowest BCUT2D eigenvalue weighted by Crippen LogP contribution is -2.49. The van der Waals surface area contributed by atoms with Crippen molar-refractivity contribution in [1.82, 2.24) is 20.5 Å². The fourth-order valence-electron chi connectivity index (χ4n) is 3.13. The van der Waals surface area contributed by atoms with Gasteiger partial charge in [-0.25, -0.2) is 9.59 Å². The third-order valence-corrected chi connectivity index (χ3v) is 4.59. The van der Waals surface area contributed by atoms with Crippen molar-refractivity contribution in [2.75, 3.05) is 32.8 Å². The van der Waals surface area contributed by atoms with Gasteiger partial charge in [0.05, 0.1) is 18.7 Å². The number of pyridine rings is 1. The van der Waals surface area contributed by atoms with Gasteiger partial charge in [0.1, 0.15) is 12.4 Å². The van der Waals surface area contributed by atoms with E-state index in [9.17, 15) is 9.59 Å². The number of aromatic nitrogens is 1. The minimum atomic E-state index is -0.285. The van der Waals surface area contributed by atoms with Crippen LogP contribution in [0, 0.1) is 0 Å². The van der Waals surface area contributed by atoms with Crippen molar-refractivity contribution in [1.29, 1.82) is 0 Å². The lowest BCUT2D eigenvalue weighted by atomic mass is 10.1. The summed E-state index contributed by atoms with van der Waals surface area (Å²) < 4.78 is 10.7. The van der Waals surface area contributed by atoms with Gasteiger partial charge in [-0.1, -0.05) is 6.07 Å². The molecule has 1 aliphatic heterocycles. The number of hydrogen-bond acceptors (Lipinski definition) is 5. The lowest BCUT2D eigenvalue weighted by molar-refractivity contribution is 0.0957. The number of fused-ring (bicyclic) bond motifs is 1. The van der Waals surface area contributed by atoms with Crippen molar-refractivity contribution in [3.63, 3.8) is 0 Å². The summed E-state index contributed by atoms with van der Waals surface area (Å²) >= 11 is 0. The summed E-state index contributed by atoms with van der Waals surface area (Å²) in [7, 11) is 0. The van der Waals surface area contributed by atoms with Gasteiger partial charge in [0.15, 0.2) is 0 Å². The van der Waals surface area contributed by atoms with Crippen molar-refractivity contribution in [3.05, 3.63) is 36.5 Å². The van der Waals surface area contributed by atoms with E-state index >= 15 is 0 Å². The number of hydrogen-bond donors (Lipinski definition) is 2. The number of rotatable bonds is 6. The Bertz CT molecular complexity index is 806. The van der Waals surface area contributed by atoms with Gasteiger partial charge in [0, 0.05) is 30.7 Å². The van der Waals surface area contributed by atoms with Gasteiger partial charge in [-0.15, -0.1) is 0 Å². The molecule has 8 nitrogen and oxygen atoms in total. The van der Waals surface area contributed by atoms with E-state index in [1.807, 2.05) is 30.3 Å². The number of piperidine rings is 1. The predicted molar refractivity (Wildman–Crippen MR) is 105 cm³/mol. The molecule has 150 valence electrons. The molecule has 0 bridgehead atoms. The average Bonchev–Trinajstić information content (AvgIpc) is 2.72. The molecule has 3 rings (SSSR count). The number of carbonyl (C=O) groups excluding carboxylic acids is 2. The molecule has 0 spiro atoms. The van der Waals surface area contributed by atoms with Crippen molar-refractivity contribution in [3.8, 4) is 5.75 Å². The molecule has 1 aliphatic rings. The summed E-state index contributed by atoms with van der Waals surface area (Å²) in [5.41, 5.74) is 0.918. The molecule has 1 fully saturated rings.